The monoisotopic (exact) mass is 113 g/mol. The molecule has 4 N–H and O–H groups in total. The van der Waals surface area contributed by atoms with Crippen LogP contribution in [-0.2, 0) is 0 Å². The average Bonchev–Trinajstić information content (AvgIpc) is 1.83. The number of hydrogen-bond acceptors (Lipinski definition) is 3. The Hall–Kier alpha value is -0.830. The molecule has 0 atom stereocenters. The standard InChI is InChI=1S/C5H11N3/c1-8-5(4-7)2-3-6/h4H,1-3,6-7H2/b5-4+. The second-order valence-electron chi connectivity index (χ2n) is 1.35. The third-order valence-corrected chi connectivity index (χ3v) is 0.796. The Morgan fingerprint density at radius 1 is 1.75 bits per heavy atom. The Morgan fingerprint density at radius 2 is 2.38 bits per heavy atom. The molecule has 0 amide bonds. The van der Waals surface area contributed by atoms with Crippen LogP contribution in [0.4, 0.5) is 0 Å². The van der Waals surface area contributed by atoms with Gasteiger partial charge in [-0.05, 0) is 13.3 Å². The van der Waals surface area contributed by atoms with Crippen molar-refractivity contribution in [1.82, 2.24) is 0 Å². The third kappa shape index (κ3) is 2.36. The number of aliphatic imine (C=N–C) groups is 1. The summed E-state index contributed by atoms with van der Waals surface area (Å²) in [6.07, 6.45) is 2.12. The molecule has 0 saturated heterocycles. The van der Waals surface area contributed by atoms with Crippen LogP contribution in [0.3, 0.4) is 0 Å². The average molecular weight is 113 g/mol. The van der Waals surface area contributed by atoms with Gasteiger partial charge in [0.25, 0.3) is 0 Å². The molecule has 0 radical (unpaired) electrons. The Balaban J connectivity index is 3.54. The van der Waals surface area contributed by atoms with Gasteiger partial charge in [0.05, 0.1) is 5.70 Å². The van der Waals surface area contributed by atoms with Crippen LogP contribution in [0, 0.1) is 0 Å². The molecule has 0 aliphatic carbocycles. The zero-order valence-electron chi connectivity index (χ0n) is 4.80. The summed E-state index contributed by atoms with van der Waals surface area (Å²) in [6, 6.07) is 0. The quantitative estimate of drug-likeness (QED) is 0.499. The van der Waals surface area contributed by atoms with E-state index in [1.165, 1.54) is 6.20 Å². The van der Waals surface area contributed by atoms with Crippen molar-refractivity contribution in [2.45, 2.75) is 6.42 Å². The molecule has 46 valence electrons. The number of nitrogens with two attached hydrogens (primary N) is 2. The highest BCUT2D eigenvalue weighted by atomic mass is 14.7. The van der Waals surface area contributed by atoms with E-state index >= 15 is 0 Å². The van der Waals surface area contributed by atoms with Gasteiger partial charge in [0.15, 0.2) is 0 Å². The van der Waals surface area contributed by atoms with Gasteiger partial charge in [-0.15, -0.1) is 0 Å². The van der Waals surface area contributed by atoms with E-state index in [1.807, 2.05) is 0 Å². The first-order valence-electron chi connectivity index (χ1n) is 2.42. The van der Waals surface area contributed by atoms with Gasteiger partial charge in [0.1, 0.15) is 0 Å². The van der Waals surface area contributed by atoms with Crippen molar-refractivity contribution in [3.05, 3.63) is 11.9 Å². The van der Waals surface area contributed by atoms with Crippen molar-refractivity contribution in [2.75, 3.05) is 6.54 Å². The van der Waals surface area contributed by atoms with Gasteiger partial charge in [-0.25, -0.2) is 0 Å². The number of rotatable bonds is 3. The third-order valence-electron chi connectivity index (χ3n) is 0.796. The SMILES string of the molecule is C=N/C(=C/N)CCN. The predicted octanol–water partition coefficient (Wildman–Crippen LogP) is -0.164. The van der Waals surface area contributed by atoms with E-state index in [-0.39, 0.29) is 0 Å². The molecule has 0 fully saturated rings. The van der Waals surface area contributed by atoms with Gasteiger partial charge in [-0.3, -0.25) is 4.99 Å². The summed E-state index contributed by atoms with van der Waals surface area (Å²) in [6.45, 7) is 3.87. The summed E-state index contributed by atoms with van der Waals surface area (Å²) in [7, 11) is 0. The zero-order chi connectivity index (χ0) is 6.41. The summed E-state index contributed by atoms with van der Waals surface area (Å²) in [5, 5.41) is 0. The fourth-order valence-electron chi connectivity index (χ4n) is 0.363. The fraction of sp³-hybridized carbons (Fsp3) is 0.400. The minimum atomic E-state index is 0.571. The predicted molar refractivity (Wildman–Crippen MR) is 35.5 cm³/mol. The van der Waals surface area contributed by atoms with E-state index in [9.17, 15) is 0 Å². The largest absolute Gasteiger partial charge is 0.403 e. The van der Waals surface area contributed by atoms with E-state index < -0.39 is 0 Å². The normalized spacial score (nSPS) is 11.4. The summed E-state index contributed by atoms with van der Waals surface area (Å²) >= 11 is 0. The van der Waals surface area contributed by atoms with E-state index in [1.54, 1.807) is 0 Å². The van der Waals surface area contributed by atoms with Crippen molar-refractivity contribution in [2.24, 2.45) is 16.5 Å². The Bertz CT molecular complexity index is 95.8. The maximum Gasteiger partial charge on any atom is 0.0563 e. The molecule has 0 aromatic heterocycles. The van der Waals surface area contributed by atoms with Crippen LogP contribution < -0.4 is 11.5 Å². The molecule has 0 bridgehead atoms. The highest BCUT2D eigenvalue weighted by molar-refractivity contribution is 5.28. The maximum atomic E-state index is 5.20. The minimum absolute atomic E-state index is 0.571. The molecule has 0 unspecified atom stereocenters. The fourth-order valence-corrected chi connectivity index (χ4v) is 0.363. The molecule has 0 rings (SSSR count). The first-order valence-corrected chi connectivity index (χ1v) is 2.42. The van der Waals surface area contributed by atoms with Crippen molar-refractivity contribution in [1.29, 1.82) is 0 Å². The molecule has 0 aromatic carbocycles. The lowest BCUT2D eigenvalue weighted by Crippen LogP contribution is -2.00. The minimum Gasteiger partial charge on any atom is -0.403 e. The van der Waals surface area contributed by atoms with Gasteiger partial charge < -0.3 is 11.5 Å². The second-order valence-corrected chi connectivity index (χ2v) is 1.35. The first-order chi connectivity index (χ1) is 3.85. The highest BCUT2D eigenvalue weighted by Gasteiger charge is 1.85. The number of hydrogen-bond donors (Lipinski definition) is 2. The van der Waals surface area contributed by atoms with Crippen molar-refractivity contribution < 1.29 is 0 Å². The van der Waals surface area contributed by atoms with Gasteiger partial charge in [0.2, 0.25) is 0 Å². The molecular weight excluding hydrogens is 102 g/mol. The van der Waals surface area contributed by atoms with Crippen LogP contribution in [0.5, 0.6) is 0 Å². The molecule has 3 nitrogen and oxygen atoms in total. The summed E-state index contributed by atoms with van der Waals surface area (Å²) in [5.41, 5.74) is 11.1. The van der Waals surface area contributed by atoms with Crippen LogP contribution in [0.2, 0.25) is 0 Å². The van der Waals surface area contributed by atoms with Crippen molar-refractivity contribution >= 4 is 6.72 Å². The Labute approximate surface area is 49.1 Å². The van der Waals surface area contributed by atoms with E-state index in [0.29, 0.717) is 13.0 Å². The van der Waals surface area contributed by atoms with Crippen molar-refractivity contribution in [3.63, 3.8) is 0 Å². The summed E-state index contributed by atoms with van der Waals surface area (Å²) in [5.74, 6) is 0. The van der Waals surface area contributed by atoms with E-state index in [4.69, 9.17) is 11.5 Å². The smallest absolute Gasteiger partial charge is 0.0563 e. The highest BCUT2D eigenvalue weighted by Crippen LogP contribution is 1.95. The lowest BCUT2D eigenvalue weighted by Gasteiger charge is -1.92. The molecule has 8 heavy (non-hydrogen) atoms. The van der Waals surface area contributed by atoms with E-state index in [2.05, 4.69) is 11.7 Å². The lowest BCUT2D eigenvalue weighted by molar-refractivity contribution is 0.934. The van der Waals surface area contributed by atoms with Crippen LogP contribution in [-0.4, -0.2) is 13.3 Å². The molecule has 3 heteroatoms. The Kier molecular flexibility index (Phi) is 3.88. The summed E-state index contributed by atoms with van der Waals surface area (Å²) < 4.78 is 0. The van der Waals surface area contributed by atoms with Crippen LogP contribution in [0.1, 0.15) is 6.42 Å². The first kappa shape index (κ1) is 7.17. The molecular formula is C5H11N3. The summed E-state index contributed by atoms with van der Waals surface area (Å²) in [4.78, 5) is 3.60. The molecule has 0 aromatic rings. The van der Waals surface area contributed by atoms with E-state index in [0.717, 1.165) is 5.70 Å². The van der Waals surface area contributed by atoms with Gasteiger partial charge >= 0.3 is 0 Å². The number of nitrogens with zero attached hydrogens (tertiary/aromatic N) is 1. The molecule has 0 heterocycles. The van der Waals surface area contributed by atoms with Crippen LogP contribution in [0.25, 0.3) is 0 Å². The zero-order valence-corrected chi connectivity index (χ0v) is 4.80. The maximum absolute atomic E-state index is 5.20. The molecule has 0 spiro atoms. The molecule has 0 aliphatic rings. The van der Waals surface area contributed by atoms with Crippen LogP contribution in [0.15, 0.2) is 16.9 Å². The Morgan fingerprint density at radius 3 is 2.50 bits per heavy atom. The van der Waals surface area contributed by atoms with Gasteiger partial charge in [-0.2, -0.15) is 0 Å². The second kappa shape index (κ2) is 4.33. The van der Waals surface area contributed by atoms with Crippen molar-refractivity contribution in [3.8, 4) is 0 Å². The lowest BCUT2D eigenvalue weighted by atomic mass is 10.3. The molecule has 0 saturated carbocycles. The van der Waals surface area contributed by atoms with Crippen LogP contribution >= 0.6 is 0 Å². The topological polar surface area (TPSA) is 64.4 Å². The van der Waals surface area contributed by atoms with Gasteiger partial charge in [0, 0.05) is 12.6 Å². The van der Waals surface area contributed by atoms with Gasteiger partial charge in [-0.1, -0.05) is 0 Å². The molecule has 0 aliphatic heterocycles.